The van der Waals surface area contributed by atoms with Crippen molar-refractivity contribution in [3.05, 3.63) is 48.0 Å². The van der Waals surface area contributed by atoms with Gasteiger partial charge in [-0.05, 0) is 18.2 Å². The quantitative estimate of drug-likeness (QED) is 0.427. The molecule has 0 aromatic heterocycles. The van der Waals surface area contributed by atoms with Crippen LogP contribution in [0.4, 0.5) is 13.2 Å². The molecule has 0 unspecified atom stereocenters. The predicted octanol–water partition coefficient (Wildman–Crippen LogP) is 2.36. The minimum Gasteiger partial charge on any atom is -0.497 e. The number of hydrogen-bond acceptors (Lipinski definition) is 8. The molecule has 15 heteroatoms. The van der Waals surface area contributed by atoms with E-state index in [0.717, 1.165) is 13.1 Å². The van der Waals surface area contributed by atoms with Crippen LogP contribution >= 0.6 is 0 Å². The fraction of sp³-hybridized carbons (Fsp3) is 0.440. The van der Waals surface area contributed by atoms with Gasteiger partial charge in [0.25, 0.3) is 0 Å². The maximum atomic E-state index is 13.8. The lowest BCUT2D eigenvalue weighted by Crippen LogP contribution is -2.47. The molecule has 1 saturated heterocycles. The summed E-state index contributed by atoms with van der Waals surface area (Å²) in [6, 6.07) is 11.8. The molecule has 1 heterocycles. The first-order chi connectivity index (χ1) is 18.8. The van der Waals surface area contributed by atoms with Gasteiger partial charge in [0.2, 0.25) is 15.9 Å². The second kappa shape index (κ2) is 14.7. The summed E-state index contributed by atoms with van der Waals surface area (Å²) in [5.41, 5.74) is 0.694. The minimum atomic E-state index is -5.08. The number of carboxylic acids is 1. The lowest BCUT2D eigenvalue weighted by molar-refractivity contribution is -0.192. The first-order valence-corrected chi connectivity index (χ1v) is 13.4. The van der Waals surface area contributed by atoms with Crippen LogP contribution in [0.5, 0.6) is 17.2 Å². The van der Waals surface area contributed by atoms with Crippen LogP contribution in [0.2, 0.25) is 0 Å². The average Bonchev–Trinajstić information content (AvgIpc) is 2.95. The van der Waals surface area contributed by atoms with Gasteiger partial charge in [0.1, 0.15) is 22.1 Å². The van der Waals surface area contributed by atoms with Crippen molar-refractivity contribution >= 4 is 21.9 Å². The zero-order valence-electron chi connectivity index (χ0n) is 22.2. The molecule has 1 aliphatic rings. The summed E-state index contributed by atoms with van der Waals surface area (Å²) in [7, 11) is 0.387. The molecule has 2 N–H and O–H groups in total. The second-order valence-corrected chi connectivity index (χ2v) is 10.3. The highest BCUT2D eigenvalue weighted by molar-refractivity contribution is 7.89. The monoisotopic (exact) mass is 591 g/mol. The van der Waals surface area contributed by atoms with Gasteiger partial charge in [0.05, 0.1) is 21.3 Å². The molecule has 3 rings (SSSR count). The molecule has 11 nitrogen and oxygen atoms in total. The molecule has 2 aromatic rings. The van der Waals surface area contributed by atoms with E-state index in [4.69, 9.17) is 24.1 Å². The Bertz CT molecular complexity index is 1250. The van der Waals surface area contributed by atoms with Gasteiger partial charge in [-0.3, -0.25) is 4.79 Å². The van der Waals surface area contributed by atoms with E-state index in [2.05, 4.69) is 5.32 Å². The van der Waals surface area contributed by atoms with Gasteiger partial charge in [0, 0.05) is 57.3 Å². The number of halogens is 3. The van der Waals surface area contributed by atoms with Crippen molar-refractivity contribution in [2.24, 2.45) is 0 Å². The summed E-state index contributed by atoms with van der Waals surface area (Å²) < 4.78 is 76.6. The van der Waals surface area contributed by atoms with Crippen LogP contribution in [0.25, 0.3) is 0 Å². The number of methoxy groups -OCH3 is 3. The molecule has 2 aromatic carbocycles. The number of alkyl halides is 3. The van der Waals surface area contributed by atoms with E-state index in [1.807, 2.05) is 18.2 Å². The highest BCUT2D eigenvalue weighted by Crippen LogP contribution is 2.32. The number of amides is 1. The van der Waals surface area contributed by atoms with E-state index < -0.39 is 22.2 Å². The van der Waals surface area contributed by atoms with Crippen molar-refractivity contribution in [2.45, 2.75) is 24.0 Å². The molecule has 222 valence electrons. The Hall–Kier alpha value is -3.56. The molecular formula is C25H32F3N3O8S. The Morgan fingerprint density at radius 2 is 1.60 bits per heavy atom. The molecule has 0 atom stereocenters. The maximum Gasteiger partial charge on any atom is 0.490 e. The van der Waals surface area contributed by atoms with Crippen molar-refractivity contribution in [1.82, 2.24) is 14.5 Å². The largest absolute Gasteiger partial charge is 0.497 e. The summed E-state index contributed by atoms with van der Waals surface area (Å²) in [5, 5.41) is 10.3. The number of piperazine rings is 1. The van der Waals surface area contributed by atoms with Crippen molar-refractivity contribution < 1.29 is 50.5 Å². The van der Waals surface area contributed by atoms with Crippen LogP contribution in [0.15, 0.2) is 47.4 Å². The number of benzene rings is 2. The smallest absolute Gasteiger partial charge is 0.490 e. The number of para-hydroxylation sites is 1. The molecule has 40 heavy (non-hydrogen) atoms. The van der Waals surface area contributed by atoms with Gasteiger partial charge in [0.15, 0.2) is 0 Å². The van der Waals surface area contributed by atoms with E-state index in [1.165, 1.54) is 31.7 Å². The van der Waals surface area contributed by atoms with Crippen molar-refractivity contribution in [3.63, 3.8) is 0 Å². The van der Waals surface area contributed by atoms with Crippen LogP contribution in [-0.2, 0) is 26.2 Å². The average molecular weight is 592 g/mol. The third-order valence-electron chi connectivity index (χ3n) is 5.82. The SMILES string of the molecule is COc1ccc(OC)c(S(=O)(=O)N(CCC(=O)N2CCNCC2)Cc2ccccc2OC)c1.O=C(O)C(F)(F)F. The predicted molar refractivity (Wildman–Crippen MR) is 138 cm³/mol. The molecule has 1 amide bonds. The Morgan fingerprint density at radius 1 is 1.00 bits per heavy atom. The first-order valence-electron chi connectivity index (χ1n) is 12.0. The number of sulfonamides is 1. The summed E-state index contributed by atoms with van der Waals surface area (Å²) in [6.45, 7) is 2.75. The van der Waals surface area contributed by atoms with Gasteiger partial charge in [-0.15, -0.1) is 0 Å². The second-order valence-electron chi connectivity index (χ2n) is 8.35. The molecule has 0 bridgehead atoms. The number of nitrogens with zero attached hydrogens (tertiary/aromatic N) is 2. The van der Waals surface area contributed by atoms with Gasteiger partial charge < -0.3 is 29.5 Å². The topological polar surface area (TPSA) is 135 Å². The van der Waals surface area contributed by atoms with Crippen LogP contribution in [0.1, 0.15) is 12.0 Å². The van der Waals surface area contributed by atoms with E-state index >= 15 is 0 Å². The minimum absolute atomic E-state index is 0.0174. The van der Waals surface area contributed by atoms with Crippen LogP contribution in [0, 0.1) is 0 Å². The fourth-order valence-electron chi connectivity index (χ4n) is 3.73. The van der Waals surface area contributed by atoms with Crippen LogP contribution in [0.3, 0.4) is 0 Å². The number of carbonyl (C=O) groups is 2. The van der Waals surface area contributed by atoms with E-state index in [9.17, 15) is 26.4 Å². The van der Waals surface area contributed by atoms with Crippen LogP contribution < -0.4 is 19.5 Å². The third kappa shape index (κ3) is 8.99. The standard InChI is InChI=1S/C23H31N3O6S.C2HF3O2/c1-30-19-8-9-21(32-3)22(16-19)33(28,29)26(17-18-6-4-5-7-20(18)31-2)13-10-23(27)25-14-11-24-12-15-25;3-2(4,5)1(6)7/h4-9,16,24H,10-15,17H2,1-3H3;(H,6,7). The lowest BCUT2D eigenvalue weighted by Gasteiger charge is -2.29. The van der Waals surface area contributed by atoms with Crippen LogP contribution in [-0.4, -0.2) is 94.8 Å². The van der Waals surface area contributed by atoms with Gasteiger partial charge >= 0.3 is 12.1 Å². The molecule has 0 saturated carbocycles. The molecular weight excluding hydrogens is 559 g/mol. The fourth-order valence-corrected chi connectivity index (χ4v) is 5.31. The van der Waals surface area contributed by atoms with E-state index in [0.29, 0.717) is 30.2 Å². The Morgan fingerprint density at radius 3 is 2.15 bits per heavy atom. The Kier molecular flexibility index (Phi) is 12.0. The highest BCUT2D eigenvalue weighted by atomic mass is 32.2. The first kappa shape index (κ1) is 32.7. The lowest BCUT2D eigenvalue weighted by atomic mass is 10.2. The number of aliphatic carboxylic acids is 1. The molecule has 1 fully saturated rings. The summed E-state index contributed by atoms with van der Waals surface area (Å²) in [4.78, 5) is 23.4. The zero-order chi connectivity index (χ0) is 29.9. The number of hydrogen-bond donors (Lipinski definition) is 2. The molecule has 1 aliphatic heterocycles. The highest BCUT2D eigenvalue weighted by Gasteiger charge is 2.38. The summed E-state index contributed by atoms with van der Waals surface area (Å²) in [6.07, 6.45) is -5.01. The zero-order valence-corrected chi connectivity index (χ0v) is 23.0. The third-order valence-corrected chi connectivity index (χ3v) is 7.68. The van der Waals surface area contributed by atoms with Crippen molar-refractivity contribution in [3.8, 4) is 17.2 Å². The Labute approximate surface area is 230 Å². The van der Waals surface area contributed by atoms with Gasteiger partial charge in [-0.25, -0.2) is 13.2 Å². The normalized spacial score (nSPS) is 13.7. The summed E-state index contributed by atoms with van der Waals surface area (Å²) in [5.74, 6) is -1.66. The maximum absolute atomic E-state index is 13.8. The van der Waals surface area contributed by atoms with E-state index in [1.54, 1.807) is 23.1 Å². The number of carbonyl (C=O) groups excluding carboxylic acids is 1. The number of nitrogens with one attached hydrogen (secondary N) is 1. The number of ether oxygens (including phenoxy) is 3. The summed E-state index contributed by atoms with van der Waals surface area (Å²) >= 11 is 0. The van der Waals surface area contributed by atoms with Gasteiger partial charge in [-0.2, -0.15) is 17.5 Å². The van der Waals surface area contributed by atoms with Crippen molar-refractivity contribution in [2.75, 3.05) is 54.1 Å². The van der Waals surface area contributed by atoms with Crippen molar-refractivity contribution in [1.29, 1.82) is 0 Å². The Balaban J connectivity index is 0.000000708. The molecule has 0 spiro atoms. The number of carboxylic acid groups (broad SMARTS) is 1. The number of rotatable bonds is 10. The molecule has 0 radical (unpaired) electrons. The van der Waals surface area contributed by atoms with E-state index in [-0.39, 0.29) is 36.1 Å². The van der Waals surface area contributed by atoms with Gasteiger partial charge in [-0.1, -0.05) is 18.2 Å². The molecule has 0 aliphatic carbocycles.